The molecule has 0 aliphatic rings. The standard InChI is InChI=1S/C12H15BrN4S/c1-7(2)10(9-4-3-5-18-9)16-11-8(13)6-15-12(14)17-11/h3-7,10H,1-2H3,(H3,14,15,16,17). The van der Waals surface area contributed by atoms with Gasteiger partial charge in [-0.1, -0.05) is 19.9 Å². The number of nitrogen functional groups attached to an aromatic ring is 1. The van der Waals surface area contributed by atoms with Crippen molar-refractivity contribution in [2.45, 2.75) is 19.9 Å². The van der Waals surface area contributed by atoms with Crippen LogP contribution in [-0.4, -0.2) is 9.97 Å². The molecule has 0 amide bonds. The third kappa shape index (κ3) is 3.00. The summed E-state index contributed by atoms with van der Waals surface area (Å²) in [5.41, 5.74) is 5.62. The molecule has 0 aromatic carbocycles. The summed E-state index contributed by atoms with van der Waals surface area (Å²) in [6, 6.07) is 4.40. The molecule has 0 radical (unpaired) electrons. The van der Waals surface area contributed by atoms with Crippen molar-refractivity contribution in [3.05, 3.63) is 33.1 Å². The van der Waals surface area contributed by atoms with Gasteiger partial charge in [0.2, 0.25) is 5.95 Å². The smallest absolute Gasteiger partial charge is 0.221 e. The number of nitrogens with one attached hydrogen (secondary N) is 1. The van der Waals surface area contributed by atoms with E-state index in [1.54, 1.807) is 17.5 Å². The highest BCUT2D eigenvalue weighted by molar-refractivity contribution is 9.10. The largest absolute Gasteiger partial charge is 0.368 e. The summed E-state index contributed by atoms with van der Waals surface area (Å²) < 4.78 is 0.818. The first kappa shape index (κ1) is 13.3. The predicted molar refractivity (Wildman–Crippen MR) is 79.7 cm³/mol. The molecule has 0 fully saturated rings. The van der Waals surface area contributed by atoms with Crippen molar-refractivity contribution in [2.24, 2.45) is 5.92 Å². The van der Waals surface area contributed by atoms with E-state index in [2.05, 4.69) is 62.6 Å². The Morgan fingerprint density at radius 3 is 2.83 bits per heavy atom. The highest BCUT2D eigenvalue weighted by atomic mass is 79.9. The maximum absolute atomic E-state index is 5.62. The van der Waals surface area contributed by atoms with E-state index in [-0.39, 0.29) is 12.0 Å². The van der Waals surface area contributed by atoms with Crippen molar-refractivity contribution >= 4 is 39.0 Å². The first-order valence-corrected chi connectivity index (χ1v) is 7.33. The Kier molecular flexibility index (Phi) is 4.19. The van der Waals surface area contributed by atoms with E-state index in [1.165, 1.54) is 4.88 Å². The van der Waals surface area contributed by atoms with Crippen molar-refractivity contribution in [2.75, 3.05) is 11.1 Å². The molecule has 2 aromatic heterocycles. The molecule has 0 saturated heterocycles. The number of rotatable bonds is 4. The predicted octanol–water partition coefficient (Wildman–Crippen LogP) is 3.69. The van der Waals surface area contributed by atoms with Crippen molar-refractivity contribution in [3.8, 4) is 0 Å². The van der Waals surface area contributed by atoms with Crippen molar-refractivity contribution < 1.29 is 0 Å². The molecule has 0 bridgehead atoms. The van der Waals surface area contributed by atoms with E-state index < -0.39 is 0 Å². The van der Waals surface area contributed by atoms with Gasteiger partial charge < -0.3 is 11.1 Å². The number of anilines is 2. The molecule has 0 spiro atoms. The van der Waals surface area contributed by atoms with Gasteiger partial charge in [-0.3, -0.25) is 0 Å². The van der Waals surface area contributed by atoms with Crippen molar-refractivity contribution in [3.63, 3.8) is 0 Å². The van der Waals surface area contributed by atoms with E-state index >= 15 is 0 Å². The highest BCUT2D eigenvalue weighted by Gasteiger charge is 2.18. The van der Waals surface area contributed by atoms with Gasteiger partial charge in [-0.15, -0.1) is 11.3 Å². The minimum atomic E-state index is 0.218. The maximum Gasteiger partial charge on any atom is 0.221 e. The molecule has 2 aromatic rings. The molecule has 2 rings (SSSR count). The van der Waals surface area contributed by atoms with Crippen LogP contribution in [0.4, 0.5) is 11.8 Å². The lowest BCUT2D eigenvalue weighted by atomic mass is 10.0. The Hall–Kier alpha value is -1.14. The number of nitrogens with two attached hydrogens (primary N) is 1. The summed E-state index contributed by atoms with van der Waals surface area (Å²) in [4.78, 5) is 9.44. The zero-order valence-electron chi connectivity index (χ0n) is 10.2. The van der Waals surface area contributed by atoms with Crippen LogP contribution < -0.4 is 11.1 Å². The normalized spacial score (nSPS) is 12.7. The SMILES string of the molecule is CC(C)C(Nc1nc(N)ncc1Br)c1cccs1. The number of thiophene rings is 1. The Morgan fingerprint density at radius 2 is 2.22 bits per heavy atom. The van der Waals surface area contributed by atoms with Crippen molar-refractivity contribution in [1.29, 1.82) is 0 Å². The molecule has 96 valence electrons. The second-order valence-electron chi connectivity index (χ2n) is 4.31. The molecule has 0 aliphatic heterocycles. The Bertz CT molecular complexity index is 513. The highest BCUT2D eigenvalue weighted by Crippen LogP contribution is 2.31. The van der Waals surface area contributed by atoms with Gasteiger partial charge in [-0.25, -0.2) is 4.98 Å². The van der Waals surface area contributed by atoms with Crippen LogP contribution in [-0.2, 0) is 0 Å². The lowest BCUT2D eigenvalue weighted by molar-refractivity contribution is 0.551. The van der Waals surface area contributed by atoms with E-state index in [0.717, 1.165) is 10.3 Å². The average molecular weight is 327 g/mol. The van der Waals surface area contributed by atoms with Crippen LogP contribution in [0.15, 0.2) is 28.2 Å². The van der Waals surface area contributed by atoms with Gasteiger partial charge in [-0.2, -0.15) is 4.98 Å². The molecule has 2 heterocycles. The van der Waals surface area contributed by atoms with Gasteiger partial charge >= 0.3 is 0 Å². The topological polar surface area (TPSA) is 63.8 Å². The van der Waals surface area contributed by atoms with Crippen LogP contribution in [0, 0.1) is 5.92 Å². The quantitative estimate of drug-likeness (QED) is 0.899. The van der Waals surface area contributed by atoms with Crippen LogP contribution in [0.3, 0.4) is 0 Å². The fourth-order valence-electron chi connectivity index (χ4n) is 1.66. The lowest BCUT2D eigenvalue weighted by Gasteiger charge is -2.22. The summed E-state index contributed by atoms with van der Waals surface area (Å²) in [6.07, 6.45) is 1.66. The van der Waals surface area contributed by atoms with E-state index in [0.29, 0.717) is 5.92 Å². The molecule has 0 aliphatic carbocycles. The van der Waals surface area contributed by atoms with Crippen molar-refractivity contribution in [1.82, 2.24) is 9.97 Å². The Labute approximate surface area is 119 Å². The zero-order valence-corrected chi connectivity index (χ0v) is 12.6. The second kappa shape index (κ2) is 5.67. The molecule has 4 nitrogen and oxygen atoms in total. The number of hydrogen-bond donors (Lipinski definition) is 2. The van der Waals surface area contributed by atoms with Crippen LogP contribution in [0.1, 0.15) is 24.8 Å². The third-order valence-corrected chi connectivity index (χ3v) is 4.11. The van der Waals surface area contributed by atoms with Gasteiger partial charge in [0.1, 0.15) is 5.82 Å². The van der Waals surface area contributed by atoms with Crippen LogP contribution in [0.5, 0.6) is 0 Å². The molecule has 1 unspecified atom stereocenters. The molecule has 3 N–H and O–H groups in total. The van der Waals surface area contributed by atoms with E-state index in [1.807, 2.05) is 0 Å². The summed E-state index contributed by atoms with van der Waals surface area (Å²) in [5.74, 6) is 1.45. The van der Waals surface area contributed by atoms with Gasteiger partial charge in [0.25, 0.3) is 0 Å². The lowest BCUT2D eigenvalue weighted by Crippen LogP contribution is -2.17. The third-order valence-electron chi connectivity index (χ3n) is 2.57. The number of nitrogens with zero attached hydrogens (tertiary/aromatic N) is 2. The number of aromatic nitrogens is 2. The molecular weight excluding hydrogens is 312 g/mol. The number of halogens is 1. The Balaban J connectivity index is 2.27. The molecular formula is C12H15BrN4S. The van der Waals surface area contributed by atoms with E-state index in [9.17, 15) is 0 Å². The molecule has 1 atom stereocenters. The van der Waals surface area contributed by atoms with Crippen LogP contribution >= 0.6 is 27.3 Å². The average Bonchev–Trinajstić information content (AvgIpc) is 2.83. The van der Waals surface area contributed by atoms with Crippen LogP contribution in [0.2, 0.25) is 0 Å². The Morgan fingerprint density at radius 1 is 1.44 bits per heavy atom. The number of hydrogen-bond acceptors (Lipinski definition) is 5. The van der Waals surface area contributed by atoms with Gasteiger partial charge in [0.15, 0.2) is 0 Å². The summed E-state index contributed by atoms with van der Waals surface area (Å²) in [5, 5.41) is 5.50. The van der Waals surface area contributed by atoms with Gasteiger partial charge in [0.05, 0.1) is 10.5 Å². The van der Waals surface area contributed by atoms with Gasteiger partial charge in [0, 0.05) is 11.1 Å². The summed E-state index contributed by atoms with van der Waals surface area (Å²) in [6.45, 7) is 4.35. The molecule has 6 heteroatoms. The summed E-state index contributed by atoms with van der Waals surface area (Å²) >= 11 is 5.17. The monoisotopic (exact) mass is 326 g/mol. The molecule has 0 saturated carbocycles. The zero-order chi connectivity index (χ0) is 13.1. The minimum absolute atomic E-state index is 0.218. The minimum Gasteiger partial charge on any atom is -0.368 e. The first-order valence-electron chi connectivity index (χ1n) is 5.66. The van der Waals surface area contributed by atoms with E-state index in [4.69, 9.17) is 5.73 Å². The molecule has 18 heavy (non-hydrogen) atoms. The second-order valence-corrected chi connectivity index (χ2v) is 6.14. The maximum atomic E-state index is 5.62. The summed E-state index contributed by atoms with van der Waals surface area (Å²) in [7, 11) is 0. The first-order chi connectivity index (χ1) is 8.58. The van der Waals surface area contributed by atoms with Gasteiger partial charge in [-0.05, 0) is 33.3 Å². The fourth-order valence-corrected chi connectivity index (χ4v) is 2.92. The van der Waals surface area contributed by atoms with Crippen LogP contribution in [0.25, 0.3) is 0 Å². The fraction of sp³-hybridized carbons (Fsp3) is 0.333.